The van der Waals surface area contributed by atoms with Gasteiger partial charge in [-0.25, -0.2) is 4.79 Å². The first-order chi connectivity index (χ1) is 17.8. The molecule has 11 nitrogen and oxygen atoms in total. The van der Waals surface area contributed by atoms with Gasteiger partial charge in [0.15, 0.2) is 5.78 Å². The molecule has 37 heavy (non-hydrogen) atoms. The highest BCUT2D eigenvalue weighted by Crippen LogP contribution is 2.41. The van der Waals surface area contributed by atoms with Crippen LogP contribution in [0.15, 0.2) is 42.7 Å². The molecule has 6 rings (SSSR count). The number of carboxylic acid groups (broad SMARTS) is 1. The molecular weight excluding hydrogens is 478 g/mol. The number of nitrogens with one attached hydrogen (secondary N) is 1. The fraction of sp³-hybridized carbons (Fsp3) is 0.308. The Kier molecular flexibility index (Phi) is 5.28. The fourth-order valence-electron chi connectivity index (χ4n) is 5.57. The van der Waals surface area contributed by atoms with Crippen LogP contribution in [-0.4, -0.2) is 68.5 Å². The van der Waals surface area contributed by atoms with Gasteiger partial charge in [0.2, 0.25) is 11.8 Å². The number of anilines is 1. The summed E-state index contributed by atoms with van der Waals surface area (Å²) in [7, 11) is 0. The molecule has 3 aromatic rings. The average Bonchev–Trinajstić information content (AvgIpc) is 3.49. The largest absolute Gasteiger partial charge is 0.465 e. The van der Waals surface area contributed by atoms with Gasteiger partial charge >= 0.3 is 6.09 Å². The summed E-state index contributed by atoms with van der Waals surface area (Å²) in [5.74, 6) is -1.44. The van der Waals surface area contributed by atoms with E-state index >= 15 is 0 Å². The lowest BCUT2D eigenvalue weighted by atomic mass is 9.96. The highest BCUT2D eigenvalue weighted by molar-refractivity contribution is 6.30. The van der Waals surface area contributed by atoms with Crippen LogP contribution in [0.25, 0.3) is 10.8 Å². The quantitative estimate of drug-likeness (QED) is 0.413. The molecule has 0 aliphatic carbocycles. The summed E-state index contributed by atoms with van der Waals surface area (Å²) in [6.07, 6.45) is 3.87. The summed E-state index contributed by atoms with van der Waals surface area (Å²) >= 11 is 0. The molecule has 2 N–H and O–H groups in total. The van der Waals surface area contributed by atoms with Gasteiger partial charge < -0.3 is 10.0 Å². The van der Waals surface area contributed by atoms with Gasteiger partial charge in [-0.1, -0.05) is 12.1 Å². The molecule has 11 heteroatoms. The van der Waals surface area contributed by atoms with Crippen molar-refractivity contribution < 1.29 is 29.1 Å². The van der Waals surface area contributed by atoms with Crippen LogP contribution in [0.5, 0.6) is 0 Å². The van der Waals surface area contributed by atoms with Gasteiger partial charge in [-0.15, -0.1) is 0 Å². The second-order valence-corrected chi connectivity index (χ2v) is 9.54. The molecular formula is C26H23N5O6. The Bertz CT molecular complexity index is 1500. The zero-order valence-corrected chi connectivity index (χ0v) is 19.7. The number of carbonyl (C=O) groups is 5. The van der Waals surface area contributed by atoms with Crippen molar-refractivity contribution in [3.8, 4) is 0 Å². The van der Waals surface area contributed by atoms with E-state index in [-0.39, 0.29) is 36.5 Å². The van der Waals surface area contributed by atoms with Gasteiger partial charge in [0, 0.05) is 42.2 Å². The van der Waals surface area contributed by atoms with Crippen molar-refractivity contribution in [3.63, 3.8) is 0 Å². The van der Waals surface area contributed by atoms with E-state index in [1.807, 2.05) is 0 Å². The molecule has 2 saturated heterocycles. The summed E-state index contributed by atoms with van der Waals surface area (Å²) < 4.78 is 1.72. The Morgan fingerprint density at radius 2 is 1.81 bits per heavy atom. The second kappa shape index (κ2) is 8.54. The molecule has 1 unspecified atom stereocenters. The lowest BCUT2D eigenvalue weighted by molar-refractivity contribution is -0.134. The molecule has 0 spiro atoms. The number of ketones is 1. The lowest BCUT2D eigenvalue weighted by Crippen LogP contribution is -2.53. The summed E-state index contributed by atoms with van der Waals surface area (Å²) in [5.41, 5.74) is 1.77. The second-order valence-electron chi connectivity index (χ2n) is 9.54. The fourth-order valence-corrected chi connectivity index (χ4v) is 5.57. The zero-order valence-electron chi connectivity index (χ0n) is 19.7. The maximum absolute atomic E-state index is 13.6. The van der Waals surface area contributed by atoms with Crippen LogP contribution in [0, 0.1) is 0 Å². The molecule has 188 valence electrons. The minimum atomic E-state index is -0.934. The number of hydrogen-bond acceptors (Lipinski definition) is 6. The van der Waals surface area contributed by atoms with Gasteiger partial charge in [0.1, 0.15) is 6.04 Å². The standard InChI is InChI=1S/C26H23N5O6/c32-21-7-6-20(24(34)28-21)31-19-5-4-17(16-2-1-3-18(22(16)19)25(31)35)23(33)14-12-27-30(13-14)15-8-10-29(11-9-15)26(36)37/h1-5,12-13,15,20H,6-11H2,(H,36,37)(H,28,32,34). The highest BCUT2D eigenvalue weighted by atomic mass is 16.4. The van der Waals surface area contributed by atoms with Crippen molar-refractivity contribution in [2.75, 3.05) is 18.0 Å². The van der Waals surface area contributed by atoms with Crippen molar-refractivity contribution in [1.82, 2.24) is 20.0 Å². The lowest BCUT2D eigenvalue weighted by Gasteiger charge is -2.30. The van der Waals surface area contributed by atoms with Crippen LogP contribution in [0.3, 0.4) is 0 Å². The number of rotatable bonds is 4. The highest BCUT2D eigenvalue weighted by Gasteiger charge is 2.41. The summed E-state index contributed by atoms with van der Waals surface area (Å²) in [4.78, 5) is 65.0. The average molecular weight is 501 g/mol. The SMILES string of the molecule is O=C1CCC(N2C(=O)c3cccc4c(C(=O)c5cnn(C6CCN(C(=O)O)CC6)c5)ccc2c34)C(=O)N1. The third kappa shape index (κ3) is 3.65. The van der Waals surface area contributed by atoms with Gasteiger partial charge in [-0.05, 0) is 42.8 Å². The van der Waals surface area contributed by atoms with E-state index in [1.165, 1.54) is 16.0 Å². The summed E-state index contributed by atoms with van der Waals surface area (Å²) in [5, 5.41) is 17.1. The molecule has 1 aromatic heterocycles. The zero-order chi connectivity index (χ0) is 25.8. The first-order valence-electron chi connectivity index (χ1n) is 12.1. The number of carbonyl (C=O) groups excluding carboxylic acids is 4. The summed E-state index contributed by atoms with van der Waals surface area (Å²) in [6.45, 7) is 0.825. The van der Waals surface area contributed by atoms with E-state index in [0.29, 0.717) is 59.1 Å². The van der Waals surface area contributed by atoms with Crippen LogP contribution in [0.1, 0.15) is 58.0 Å². The smallest absolute Gasteiger partial charge is 0.407 e. The molecule has 1 atom stereocenters. The molecule has 2 aromatic carbocycles. The Morgan fingerprint density at radius 1 is 1.03 bits per heavy atom. The van der Waals surface area contributed by atoms with Crippen molar-refractivity contribution >= 4 is 46.1 Å². The van der Waals surface area contributed by atoms with E-state index in [4.69, 9.17) is 5.11 Å². The van der Waals surface area contributed by atoms with Gasteiger partial charge in [0.25, 0.3) is 5.91 Å². The van der Waals surface area contributed by atoms with Gasteiger partial charge in [-0.2, -0.15) is 5.10 Å². The van der Waals surface area contributed by atoms with E-state index in [9.17, 15) is 24.0 Å². The number of likely N-dealkylation sites (tertiary alicyclic amines) is 1. The third-order valence-electron chi connectivity index (χ3n) is 7.47. The normalized spacial score (nSPS) is 20.0. The van der Waals surface area contributed by atoms with E-state index in [1.54, 1.807) is 41.2 Å². The van der Waals surface area contributed by atoms with Gasteiger partial charge in [0.05, 0.1) is 23.5 Å². The monoisotopic (exact) mass is 501 g/mol. The van der Waals surface area contributed by atoms with Crippen molar-refractivity contribution in [2.45, 2.75) is 37.8 Å². The molecule has 3 aliphatic heterocycles. The minimum Gasteiger partial charge on any atom is -0.465 e. The maximum Gasteiger partial charge on any atom is 0.407 e. The van der Waals surface area contributed by atoms with E-state index < -0.39 is 18.0 Å². The molecule has 4 heterocycles. The molecule has 3 aliphatic rings. The molecule has 0 saturated carbocycles. The number of amides is 4. The van der Waals surface area contributed by atoms with Crippen molar-refractivity contribution in [3.05, 3.63) is 59.4 Å². The maximum atomic E-state index is 13.6. The Balaban J connectivity index is 1.31. The first kappa shape index (κ1) is 22.9. The Morgan fingerprint density at radius 3 is 2.54 bits per heavy atom. The molecule has 4 amide bonds. The van der Waals surface area contributed by atoms with Crippen LogP contribution in [-0.2, 0) is 9.59 Å². The Labute approximate surface area is 210 Å². The number of nitrogens with zero attached hydrogens (tertiary/aromatic N) is 4. The number of aromatic nitrogens is 2. The van der Waals surface area contributed by atoms with Crippen LogP contribution in [0.4, 0.5) is 10.5 Å². The molecule has 2 fully saturated rings. The topological polar surface area (TPSA) is 142 Å². The minimum absolute atomic E-state index is 0.00431. The number of imide groups is 1. The predicted molar refractivity (Wildman–Crippen MR) is 130 cm³/mol. The van der Waals surface area contributed by atoms with Crippen molar-refractivity contribution in [1.29, 1.82) is 0 Å². The van der Waals surface area contributed by atoms with Crippen molar-refractivity contribution in [2.24, 2.45) is 0 Å². The third-order valence-corrected chi connectivity index (χ3v) is 7.47. The molecule has 0 radical (unpaired) electrons. The van der Waals surface area contributed by atoms with E-state index in [2.05, 4.69) is 10.4 Å². The van der Waals surface area contributed by atoms with Crippen LogP contribution in [0.2, 0.25) is 0 Å². The Hall–Kier alpha value is -4.54. The van der Waals surface area contributed by atoms with Gasteiger partial charge in [-0.3, -0.25) is 34.1 Å². The van der Waals surface area contributed by atoms with E-state index in [0.717, 1.165) is 0 Å². The number of piperidine rings is 2. The van der Waals surface area contributed by atoms with Crippen LogP contribution >= 0.6 is 0 Å². The predicted octanol–water partition coefficient (Wildman–Crippen LogP) is 2.35. The summed E-state index contributed by atoms with van der Waals surface area (Å²) in [6, 6.07) is 7.71. The number of benzene rings is 2. The number of hydrogen-bond donors (Lipinski definition) is 2. The molecule has 0 bridgehead atoms. The van der Waals surface area contributed by atoms with Crippen LogP contribution < -0.4 is 10.2 Å². The first-order valence-corrected chi connectivity index (χ1v) is 12.1.